The van der Waals surface area contributed by atoms with Gasteiger partial charge >= 0.3 is 0 Å². The molecule has 0 bridgehead atoms. The monoisotopic (exact) mass is 486 g/mol. The third-order valence-electron chi connectivity index (χ3n) is 6.84. The van der Waals surface area contributed by atoms with Crippen LogP contribution in [0.25, 0.3) is 0 Å². The number of hydrogen-bond acceptors (Lipinski definition) is 5. The molecule has 1 atom stereocenters. The molecule has 7 nitrogen and oxygen atoms in total. The first kappa shape index (κ1) is 25.4. The van der Waals surface area contributed by atoms with Gasteiger partial charge in [-0.25, -0.2) is 0 Å². The zero-order chi connectivity index (χ0) is 25.4. The van der Waals surface area contributed by atoms with E-state index in [9.17, 15) is 9.59 Å². The smallest absolute Gasteiger partial charge is 0.250 e. The van der Waals surface area contributed by atoms with E-state index in [0.29, 0.717) is 18.7 Å². The fourth-order valence-electron chi connectivity index (χ4n) is 4.39. The molecule has 36 heavy (non-hydrogen) atoms. The van der Waals surface area contributed by atoms with Crippen LogP contribution in [0.3, 0.4) is 0 Å². The van der Waals surface area contributed by atoms with Gasteiger partial charge in [0.1, 0.15) is 5.54 Å². The van der Waals surface area contributed by atoms with Gasteiger partial charge in [-0.2, -0.15) is 0 Å². The van der Waals surface area contributed by atoms with Crippen LogP contribution in [0.1, 0.15) is 31.4 Å². The SMILES string of the molecule is CCC(C)(C(=O)Nc1ccc(N2CCOCC2)cc1)N(Cc1cccnc1)C(=O)Cc1ccccc1. The van der Waals surface area contributed by atoms with Gasteiger partial charge in [-0.3, -0.25) is 14.6 Å². The first-order valence-corrected chi connectivity index (χ1v) is 12.5. The van der Waals surface area contributed by atoms with Crippen LogP contribution in [0.2, 0.25) is 0 Å². The molecule has 188 valence electrons. The predicted molar refractivity (Wildman–Crippen MR) is 142 cm³/mol. The number of carbonyl (C=O) groups is 2. The fraction of sp³-hybridized carbons (Fsp3) is 0.345. The standard InChI is InChI=1S/C29H34N4O3/c1-3-29(2,28(35)31-25-11-13-26(14-12-25)32-16-18-36-19-17-32)33(22-24-10-7-15-30-21-24)27(34)20-23-8-5-4-6-9-23/h4-15,21H,3,16-20,22H2,1-2H3,(H,31,35). The van der Waals surface area contributed by atoms with E-state index in [1.54, 1.807) is 17.3 Å². The molecule has 1 aliphatic heterocycles. The molecule has 0 radical (unpaired) electrons. The topological polar surface area (TPSA) is 74.8 Å². The fourth-order valence-corrected chi connectivity index (χ4v) is 4.39. The van der Waals surface area contributed by atoms with Crippen LogP contribution in [0.5, 0.6) is 0 Å². The summed E-state index contributed by atoms with van der Waals surface area (Å²) in [5.41, 5.74) is 2.54. The van der Waals surface area contributed by atoms with Crippen LogP contribution in [0.15, 0.2) is 79.1 Å². The number of pyridine rings is 1. The lowest BCUT2D eigenvalue weighted by atomic mass is 9.93. The predicted octanol–water partition coefficient (Wildman–Crippen LogP) is 4.30. The minimum Gasteiger partial charge on any atom is -0.378 e. The van der Waals surface area contributed by atoms with Crippen LogP contribution in [-0.2, 0) is 27.3 Å². The Balaban J connectivity index is 1.54. The summed E-state index contributed by atoms with van der Waals surface area (Å²) in [6.07, 6.45) is 4.12. The number of nitrogens with zero attached hydrogens (tertiary/aromatic N) is 3. The van der Waals surface area contributed by atoms with Gasteiger partial charge in [-0.15, -0.1) is 0 Å². The highest BCUT2D eigenvalue weighted by Crippen LogP contribution is 2.27. The van der Waals surface area contributed by atoms with E-state index in [-0.39, 0.29) is 18.2 Å². The average molecular weight is 487 g/mol. The van der Waals surface area contributed by atoms with Gasteiger partial charge in [0.05, 0.1) is 19.6 Å². The van der Waals surface area contributed by atoms with E-state index in [2.05, 4.69) is 15.2 Å². The molecule has 0 spiro atoms. The number of carbonyl (C=O) groups excluding carboxylic acids is 2. The number of ether oxygens (including phenoxy) is 1. The van der Waals surface area contributed by atoms with Crippen molar-refractivity contribution in [2.24, 2.45) is 0 Å². The highest BCUT2D eigenvalue weighted by molar-refractivity contribution is 6.00. The van der Waals surface area contributed by atoms with Gasteiger partial charge in [0.25, 0.3) is 0 Å². The lowest BCUT2D eigenvalue weighted by Crippen LogP contribution is -2.56. The minimum atomic E-state index is -1.05. The summed E-state index contributed by atoms with van der Waals surface area (Å²) < 4.78 is 5.43. The molecule has 0 aliphatic carbocycles. The molecular weight excluding hydrogens is 452 g/mol. The molecule has 0 saturated carbocycles. The van der Waals surface area contributed by atoms with Crippen LogP contribution in [0, 0.1) is 0 Å². The Morgan fingerprint density at radius 3 is 2.33 bits per heavy atom. The van der Waals surface area contributed by atoms with Crippen molar-refractivity contribution >= 4 is 23.2 Å². The molecule has 2 heterocycles. The number of benzene rings is 2. The number of anilines is 2. The molecule has 2 amide bonds. The number of morpholine rings is 1. The summed E-state index contributed by atoms with van der Waals surface area (Å²) in [6, 6.07) is 21.2. The van der Waals surface area contributed by atoms with Crippen LogP contribution < -0.4 is 10.2 Å². The van der Waals surface area contributed by atoms with Gasteiger partial charge < -0.3 is 19.9 Å². The van der Waals surface area contributed by atoms with E-state index < -0.39 is 5.54 Å². The van der Waals surface area contributed by atoms with Crippen molar-refractivity contribution in [3.05, 3.63) is 90.3 Å². The lowest BCUT2D eigenvalue weighted by Gasteiger charge is -2.40. The van der Waals surface area contributed by atoms with E-state index >= 15 is 0 Å². The third-order valence-corrected chi connectivity index (χ3v) is 6.84. The van der Waals surface area contributed by atoms with Gasteiger partial charge in [0.15, 0.2) is 0 Å². The summed E-state index contributed by atoms with van der Waals surface area (Å²) in [5, 5.41) is 3.06. The molecule has 7 heteroatoms. The van der Waals surface area contributed by atoms with E-state index in [1.165, 1.54) is 0 Å². The number of aromatic nitrogens is 1. The first-order valence-electron chi connectivity index (χ1n) is 12.5. The highest BCUT2D eigenvalue weighted by Gasteiger charge is 2.40. The molecule has 1 N–H and O–H groups in total. The molecule has 1 fully saturated rings. The van der Waals surface area contributed by atoms with Crippen molar-refractivity contribution in [2.45, 2.75) is 38.8 Å². The van der Waals surface area contributed by atoms with Gasteiger partial charge in [-0.1, -0.05) is 43.3 Å². The van der Waals surface area contributed by atoms with Crippen molar-refractivity contribution in [3.63, 3.8) is 0 Å². The Morgan fingerprint density at radius 2 is 1.69 bits per heavy atom. The number of hydrogen-bond donors (Lipinski definition) is 1. The van der Waals surface area contributed by atoms with Crippen LogP contribution in [-0.4, -0.2) is 53.5 Å². The van der Waals surface area contributed by atoms with Crippen molar-refractivity contribution in [1.82, 2.24) is 9.88 Å². The average Bonchev–Trinajstić information content (AvgIpc) is 2.93. The largest absolute Gasteiger partial charge is 0.378 e. The molecule has 2 aromatic carbocycles. The number of nitrogens with one attached hydrogen (secondary N) is 1. The summed E-state index contributed by atoms with van der Waals surface area (Å²) >= 11 is 0. The van der Waals surface area contributed by atoms with Crippen LogP contribution in [0.4, 0.5) is 11.4 Å². The van der Waals surface area contributed by atoms with E-state index in [0.717, 1.165) is 43.1 Å². The Hall–Kier alpha value is -3.71. The zero-order valence-corrected chi connectivity index (χ0v) is 21.0. The van der Waals surface area contributed by atoms with Crippen molar-refractivity contribution in [1.29, 1.82) is 0 Å². The van der Waals surface area contributed by atoms with Gasteiger partial charge in [0, 0.05) is 43.4 Å². The second-order valence-corrected chi connectivity index (χ2v) is 9.23. The third kappa shape index (κ3) is 6.10. The lowest BCUT2D eigenvalue weighted by molar-refractivity contribution is -0.145. The van der Waals surface area contributed by atoms with Gasteiger partial charge in [0.2, 0.25) is 11.8 Å². The molecule has 4 rings (SSSR count). The quantitative estimate of drug-likeness (QED) is 0.488. The second kappa shape index (κ2) is 11.8. The highest BCUT2D eigenvalue weighted by atomic mass is 16.5. The maximum atomic E-state index is 13.7. The molecule has 1 unspecified atom stereocenters. The Kier molecular flexibility index (Phi) is 8.33. The van der Waals surface area contributed by atoms with E-state index in [4.69, 9.17) is 4.74 Å². The molecule has 1 aromatic heterocycles. The Bertz CT molecular complexity index is 1130. The minimum absolute atomic E-state index is 0.104. The molecular formula is C29H34N4O3. The zero-order valence-electron chi connectivity index (χ0n) is 21.0. The number of amides is 2. The summed E-state index contributed by atoms with van der Waals surface area (Å²) in [6.45, 7) is 7.22. The van der Waals surface area contributed by atoms with Gasteiger partial charge in [-0.05, 0) is 54.8 Å². The number of rotatable bonds is 9. The Morgan fingerprint density at radius 1 is 1.00 bits per heavy atom. The normalized spacial score (nSPS) is 15.1. The van der Waals surface area contributed by atoms with Crippen molar-refractivity contribution in [2.75, 3.05) is 36.5 Å². The second-order valence-electron chi connectivity index (χ2n) is 9.23. The maximum absolute atomic E-state index is 13.7. The molecule has 3 aromatic rings. The first-order chi connectivity index (χ1) is 17.5. The maximum Gasteiger partial charge on any atom is 0.250 e. The summed E-state index contributed by atoms with van der Waals surface area (Å²) in [5.74, 6) is -0.318. The van der Waals surface area contributed by atoms with Crippen molar-refractivity contribution in [3.8, 4) is 0 Å². The van der Waals surface area contributed by atoms with Crippen LogP contribution >= 0.6 is 0 Å². The Labute approximate surface area is 213 Å². The summed E-state index contributed by atoms with van der Waals surface area (Å²) in [4.78, 5) is 35.5. The van der Waals surface area contributed by atoms with Crippen molar-refractivity contribution < 1.29 is 14.3 Å². The molecule has 1 aliphatic rings. The summed E-state index contributed by atoms with van der Waals surface area (Å²) in [7, 11) is 0. The van der Waals surface area contributed by atoms with E-state index in [1.807, 2.05) is 80.6 Å². The molecule has 1 saturated heterocycles.